The first-order valence-electron chi connectivity index (χ1n) is 6.27. The number of anilines is 1. The third kappa shape index (κ3) is 2.24. The van der Waals surface area contributed by atoms with Crippen LogP contribution >= 0.6 is 11.6 Å². The van der Waals surface area contributed by atoms with Crippen LogP contribution in [0.3, 0.4) is 0 Å². The minimum absolute atomic E-state index is 0.130. The van der Waals surface area contributed by atoms with Crippen LogP contribution in [0, 0.1) is 0 Å². The molecule has 0 saturated heterocycles. The van der Waals surface area contributed by atoms with E-state index >= 15 is 0 Å². The molecule has 0 atom stereocenters. The number of fused-ring (bicyclic) bond motifs is 1. The van der Waals surface area contributed by atoms with Crippen molar-refractivity contribution in [1.29, 1.82) is 0 Å². The van der Waals surface area contributed by atoms with Gasteiger partial charge in [-0.25, -0.2) is 0 Å². The van der Waals surface area contributed by atoms with E-state index in [0.29, 0.717) is 10.6 Å². The average Bonchev–Trinajstić information content (AvgIpc) is 2.94. The molecule has 0 unspecified atom stereocenters. The molecule has 1 aromatic heterocycles. The van der Waals surface area contributed by atoms with Crippen LogP contribution in [0.4, 0.5) is 5.82 Å². The molecule has 3 rings (SSSR count). The fourth-order valence-electron chi connectivity index (χ4n) is 2.46. The first-order chi connectivity index (χ1) is 9.15. The molecule has 0 radical (unpaired) electrons. The molecule has 1 aromatic carbocycles. The first-order valence-corrected chi connectivity index (χ1v) is 6.64. The van der Waals surface area contributed by atoms with Crippen molar-refractivity contribution in [3.63, 3.8) is 0 Å². The Hall–Kier alpha value is -1.81. The smallest absolute Gasteiger partial charge is 0.256 e. The van der Waals surface area contributed by atoms with Crippen LogP contribution in [0.15, 0.2) is 24.3 Å². The van der Waals surface area contributed by atoms with Gasteiger partial charge >= 0.3 is 0 Å². The van der Waals surface area contributed by atoms with E-state index in [-0.39, 0.29) is 5.91 Å². The van der Waals surface area contributed by atoms with Crippen molar-refractivity contribution >= 4 is 23.3 Å². The standard InChI is InChI=1S/C14H14ClN3O/c1-18-13(11-3-2-4-12(11)17-18)16-14(19)9-5-7-10(15)8-6-9/h5-8H,2-4H2,1H3,(H,16,19). The molecule has 19 heavy (non-hydrogen) atoms. The van der Waals surface area contributed by atoms with Crippen LogP contribution in [0.25, 0.3) is 0 Å². The summed E-state index contributed by atoms with van der Waals surface area (Å²) < 4.78 is 1.75. The van der Waals surface area contributed by atoms with E-state index in [1.165, 1.54) is 5.56 Å². The second kappa shape index (κ2) is 4.70. The predicted octanol–water partition coefficient (Wildman–Crippen LogP) is 2.81. The lowest BCUT2D eigenvalue weighted by molar-refractivity contribution is 0.102. The SMILES string of the molecule is Cn1nc2c(c1NC(=O)c1ccc(Cl)cc1)CCC2. The van der Waals surface area contributed by atoms with Gasteiger partial charge in [0.05, 0.1) is 5.69 Å². The van der Waals surface area contributed by atoms with Crippen LogP contribution in [-0.2, 0) is 19.9 Å². The second-order valence-corrected chi connectivity index (χ2v) is 5.15. The molecule has 0 aliphatic heterocycles. The summed E-state index contributed by atoms with van der Waals surface area (Å²) in [5.41, 5.74) is 2.87. The zero-order valence-corrected chi connectivity index (χ0v) is 11.4. The normalized spacial score (nSPS) is 13.4. The lowest BCUT2D eigenvalue weighted by atomic mass is 10.2. The van der Waals surface area contributed by atoms with Crippen LogP contribution in [0.1, 0.15) is 28.0 Å². The van der Waals surface area contributed by atoms with E-state index in [9.17, 15) is 4.79 Å². The largest absolute Gasteiger partial charge is 0.307 e. The zero-order valence-electron chi connectivity index (χ0n) is 10.6. The molecule has 1 aliphatic rings. The predicted molar refractivity (Wildman–Crippen MR) is 74.6 cm³/mol. The molecule has 98 valence electrons. The van der Waals surface area contributed by atoms with E-state index in [1.807, 2.05) is 7.05 Å². The van der Waals surface area contributed by atoms with Gasteiger partial charge in [-0.05, 0) is 43.5 Å². The van der Waals surface area contributed by atoms with Gasteiger partial charge in [-0.2, -0.15) is 5.10 Å². The number of carbonyl (C=O) groups is 1. The highest BCUT2D eigenvalue weighted by Crippen LogP contribution is 2.28. The highest BCUT2D eigenvalue weighted by Gasteiger charge is 2.22. The zero-order chi connectivity index (χ0) is 13.4. The first kappa shape index (κ1) is 12.2. The number of amides is 1. The fraction of sp³-hybridized carbons (Fsp3) is 0.286. The lowest BCUT2D eigenvalue weighted by Crippen LogP contribution is -2.15. The van der Waals surface area contributed by atoms with Gasteiger partial charge in [-0.1, -0.05) is 11.6 Å². The molecule has 0 saturated carbocycles. The topological polar surface area (TPSA) is 46.9 Å². The van der Waals surface area contributed by atoms with E-state index in [1.54, 1.807) is 28.9 Å². The Kier molecular flexibility index (Phi) is 3.03. The Bertz CT molecular complexity index is 631. The molecule has 1 aliphatic carbocycles. The van der Waals surface area contributed by atoms with Gasteiger partial charge in [0.25, 0.3) is 5.91 Å². The van der Waals surface area contributed by atoms with Crippen molar-refractivity contribution in [3.8, 4) is 0 Å². The number of benzene rings is 1. The lowest BCUT2D eigenvalue weighted by Gasteiger charge is -2.07. The number of nitrogens with one attached hydrogen (secondary N) is 1. The summed E-state index contributed by atoms with van der Waals surface area (Å²) in [6, 6.07) is 6.86. The summed E-state index contributed by atoms with van der Waals surface area (Å²) in [6.07, 6.45) is 3.10. The third-order valence-electron chi connectivity index (χ3n) is 3.41. The number of halogens is 1. The maximum absolute atomic E-state index is 12.2. The molecule has 0 fully saturated rings. The van der Waals surface area contributed by atoms with Gasteiger partial charge in [0.2, 0.25) is 0 Å². The fourth-order valence-corrected chi connectivity index (χ4v) is 2.58. The molecule has 2 aromatic rings. The average molecular weight is 276 g/mol. The summed E-state index contributed by atoms with van der Waals surface area (Å²) in [6.45, 7) is 0. The molecular formula is C14H14ClN3O. The molecule has 0 spiro atoms. The van der Waals surface area contributed by atoms with Gasteiger partial charge < -0.3 is 5.32 Å². The number of carbonyl (C=O) groups excluding carboxylic acids is 1. The van der Waals surface area contributed by atoms with Crippen molar-refractivity contribution in [2.45, 2.75) is 19.3 Å². The summed E-state index contributed by atoms with van der Waals surface area (Å²) in [7, 11) is 1.86. The highest BCUT2D eigenvalue weighted by atomic mass is 35.5. The van der Waals surface area contributed by atoms with Crippen molar-refractivity contribution in [3.05, 3.63) is 46.1 Å². The summed E-state index contributed by atoms with van der Waals surface area (Å²) in [5.74, 6) is 0.682. The maximum Gasteiger partial charge on any atom is 0.256 e. The highest BCUT2D eigenvalue weighted by molar-refractivity contribution is 6.30. The third-order valence-corrected chi connectivity index (χ3v) is 3.66. The maximum atomic E-state index is 12.2. The minimum atomic E-state index is -0.130. The number of rotatable bonds is 2. The van der Waals surface area contributed by atoms with E-state index < -0.39 is 0 Å². The number of aryl methyl sites for hydroxylation is 2. The Morgan fingerprint density at radius 2 is 2.05 bits per heavy atom. The summed E-state index contributed by atoms with van der Waals surface area (Å²) in [4.78, 5) is 12.2. The summed E-state index contributed by atoms with van der Waals surface area (Å²) in [5, 5.41) is 8.00. The van der Waals surface area contributed by atoms with E-state index in [2.05, 4.69) is 10.4 Å². The number of aromatic nitrogens is 2. The minimum Gasteiger partial charge on any atom is -0.307 e. The van der Waals surface area contributed by atoms with Gasteiger partial charge in [-0.3, -0.25) is 9.48 Å². The van der Waals surface area contributed by atoms with Crippen LogP contribution in [-0.4, -0.2) is 15.7 Å². The Labute approximate surface area is 116 Å². The van der Waals surface area contributed by atoms with Crippen LogP contribution in [0.5, 0.6) is 0 Å². The van der Waals surface area contributed by atoms with Crippen molar-refractivity contribution in [1.82, 2.24) is 9.78 Å². The molecular weight excluding hydrogens is 262 g/mol. The van der Waals surface area contributed by atoms with Gasteiger partial charge in [0, 0.05) is 23.2 Å². The Morgan fingerprint density at radius 1 is 1.32 bits per heavy atom. The van der Waals surface area contributed by atoms with Gasteiger partial charge in [0.1, 0.15) is 5.82 Å². The Morgan fingerprint density at radius 3 is 2.79 bits per heavy atom. The number of nitrogens with zero attached hydrogens (tertiary/aromatic N) is 2. The van der Waals surface area contributed by atoms with Crippen LogP contribution in [0.2, 0.25) is 5.02 Å². The molecule has 4 nitrogen and oxygen atoms in total. The van der Waals surface area contributed by atoms with Gasteiger partial charge in [-0.15, -0.1) is 0 Å². The Balaban J connectivity index is 1.85. The molecule has 1 heterocycles. The molecule has 1 amide bonds. The summed E-state index contributed by atoms with van der Waals surface area (Å²) >= 11 is 5.82. The van der Waals surface area contributed by atoms with Crippen molar-refractivity contribution < 1.29 is 4.79 Å². The van der Waals surface area contributed by atoms with Crippen molar-refractivity contribution in [2.75, 3.05) is 5.32 Å². The number of hydrogen-bond acceptors (Lipinski definition) is 2. The molecule has 1 N–H and O–H groups in total. The molecule has 0 bridgehead atoms. The van der Waals surface area contributed by atoms with E-state index in [0.717, 1.165) is 30.8 Å². The van der Waals surface area contributed by atoms with Gasteiger partial charge in [0.15, 0.2) is 0 Å². The van der Waals surface area contributed by atoms with E-state index in [4.69, 9.17) is 11.6 Å². The molecule has 5 heteroatoms. The van der Waals surface area contributed by atoms with Crippen LogP contribution < -0.4 is 5.32 Å². The quantitative estimate of drug-likeness (QED) is 0.916. The van der Waals surface area contributed by atoms with Crippen molar-refractivity contribution in [2.24, 2.45) is 7.05 Å². The monoisotopic (exact) mass is 275 g/mol. The number of hydrogen-bond donors (Lipinski definition) is 1. The second-order valence-electron chi connectivity index (χ2n) is 4.71.